The van der Waals surface area contributed by atoms with Crippen LogP contribution in [0.1, 0.15) is 36.9 Å². The van der Waals surface area contributed by atoms with Gasteiger partial charge in [-0.15, -0.1) is 0 Å². The highest BCUT2D eigenvalue weighted by atomic mass is 16.5. The lowest BCUT2D eigenvalue weighted by molar-refractivity contribution is -0.122. The molecule has 0 saturated heterocycles. The van der Waals surface area contributed by atoms with Crippen molar-refractivity contribution in [3.05, 3.63) is 65.7 Å². The fraction of sp³-hybridized carbons (Fsp3) is 0.278. The van der Waals surface area contributed by atoms with Gasteiger partial charge in [0.1, 0.15) is 5.75 Å². The number of nitrogens with one attached hydrogen (secondary N) is 1. The number of ether oxygens (including phenoxy) is 1. The third kappa shape index (κ3) is 3.85. The molecule has 0 fully saturated rings. The van der Waals surface area contributed by atoms with Crippen LogP contribution in [0.2, 0.25) is 0 Å². The summed E-state index contributed by atoms with van der Waals surface area (Å²) in [5.74, 6) is 0.686. The number of rotatable bonds is 5. The summed E-state index contributed by atoms with van der Waals surface area (Å²) < 4.78 is 5.14. The SMILES string of the molecule is COc1ccc([C@H](C)NC(=O)[C@H](C)c2ccccc2)cc1. The number of hydrogen-bond donors (Lipinski definition) is 1. The Morgan fingerprint density at radius 3 is 2.14 bits per heavy atom. The van der Waals surface area contributed by atoms with Crippen molar-refractivity contribution in [3.63, 3.8) is 0 Å². The highest BCUT2D eigenvalue weighted by molar-refractivity contribution is 5.83. The lowest BCUT2D eigenvalue weighted by Crippen LogP contribution is -2.30. The molecule has 2 atom stereocenters. The van der Waals surface area contributed by atoms with E-state index < -0.39 is 0 Å². The van der Waals surface area contributed by atoms with Gasteiger partial charge in [-0.2, -0.15) is 0 Å². The van der Waals surface area contributed by atoms with Crippen molar-refractivity contribution in [3.8, 4) is 5.75 Å². The first-order valence-electron chi connectivity index (χ1n) is 7.11. The van der Waals surface area contributed by atoms with Crippen LogP contribution < -0.4 is 10.1 Å². The highest BCUT2D eigenvalue weighted by Crippen LogP contribution is 2.20. The lowest BCUT2D eigenvalue weighted by Gasteiger charge is -2.18. The predicted molar refractivity (Wildman–Crippen MR) is 84.4 cm³/mol. The first-order chi connectivity index (χ1) is 10.1. The molecule has 2 rings (SSSR count). The van der Waals surface area contributed by atoms with Gasteiger partial charge < -0.3 is 10.1 Å². The van der Waals surface area contributed by atoms with Gasteiger partial charge in [0, 0.05) is 0 Å². The Morgan fingerprint density at radius 2 is 1.57 bits per heavy atom. The molecule has 2 aromatic carbocycles. The molecular weight excluding hydrogens is 262 g/mol. The average molecular weight is 283 g/mol. The summed E-state index contributed by atoms with van der Waals surface area (Å²) >= 11 is 0. The van der Waals surface area contributed by atoms with E-state index in [1.165, 1.54) is 0 Å². The van der Waals surface area contributed by atoms with Crippen LogP contribution in [0.5, 0.6) is 5.75 Å². The molecule has 0 bridgehead atoms. The fourth-order valence-electron chi connectivity index (χ4n) is 2.21. The Hall–Kier alpha value is -2.29. The van der Waals surface area contributed by atoms with Gasteiger partial charge >= 0.3 is 0 Å². The van der Waals surface area contributed by atoms with Gasteiger partial charge in [-0.1, -0.05) is 42.5 Å². The van der Waals surface area contributed by atoms with E-state index in [0.717, 1.165) is 16.9 Å². The van der Waals surface area contributed by atoms with Crippen molar-refractivity contribution < 1.29 is 9.53 Å². The third-order valence-electron chi connectivity index (χ3n) is 3.67. The van der Waals surface area contributed by atoms with E-state index >= 15 is 0 Å². The van der Waals surface area contributed by atoms with Gasteiger partial charge in [-0.05, 0) is 37.1 Å². The smallest absolute Gasteiger partial charge is 0.227 e. The molecule has 1 amide bonds. The van der Waals surface area contributed by atoms with E-state index in [9.17, 15) is 4.79 Å². The van der Waals surface area contributed by atoms with Crippen LogP contribution in [0.4, 0.5) is 0 Å². The Labute approximate surface area is 126 Å². The zero-order valence-electron chi connectivity index (χ0n) is 12.7. The first-order valence-corrected chi connectivity index (χ1v) is 7.11. The molecule has 0 aliphatic carbocycles. The molecule has 0 heterocycles. The summed E-state index contributed by atoms with van der Waals surface area (Å²) in [5, 5.41) is 3.05. The highest BCUT2D eigenvalue weighted by Gasteiger charge is 2.17. The molecule has 0 saturated carbocycles. The maximum atomic E-state index is 12.3. The predicted octanol–water partition coefficient (Wildman–Crippen LogP) is 3.68. The maximum Gasteiger partial charge on any atom is 0.227 e. The zero-order chi connectivity index (χ0) is 15.2. The second-order valence-corrected chi connectivity index (χ2v) is 5.14. The minimum Gasteiger partial charge on any atom is -0.497 e. The Kier molecular flexibility index (Phi) is 4.99. The van der Waals surface area contributed by atoms with E-state index in [0.29, 0.717) is 0 Å². The molecule has 0 aliphatic heterocycles. The van der Waals surface area contributed by atoms with Gasteiger partial charge in [0.05, 0.1) is 19.1 Å². The largest absolute Gasteiger partial charge is 0.497 e. The van der Waals surface area contributed by atoms with E-state index in [-0.39, 0.29) is 17.9 Å². The fourth-order valence-corrected chi connectivity index (χ4v) is 2.21. The third-order valence-corrected chi connectivity index (χ3v) is 3.67. The molecule has 0 spiro atoms. The maximum absolute atomic E-state index is 12.3. The summed E-state index contributed by atoms with van der Waals surface area (Å²) in [7, 11) is 1.64. The standard InChI is InChI=1S/C18H21NO2/c1-13(15-7-5-4-6-8-15)18(20)19-14(2)16-9-11-17(21-3)12-10-16/h4-14H,1-3H3,(H,19,20)/t13-,14+/m1/s1. The van der Waals surface area contributed by atoms with Crippen molar-refractivity contribution in [2.45, 2.75) is 25.8 Å². The lowest BCUT2D eigenvalue weighted by atomic mass is 9.99. The molecule has 0 radical (unpaired) electrons. The molecule has 1 N–H and O–H groups in total. The van der Waals surface area contributed by atoms with E-state index in [4.69, 9.17) is 4.74 Å². The second-order valence-electron chi connectivity index (χ2n) is 5.14. The molecular formula is C18H21NO2. The average Bonchev–Trinajstić information content (AvgIpc) is 2.55. The van der Waals surface area contributed by atoms with Gasteiger partial charge in [0.2, 0.25) is 5.91 Å². The molecule has 3 heteroatoms. The monoisotopic (exact) mass is 283 g/mol. The van der Waals surface area contributed by atoms with Gasteiger partial charge in [-0.3, -0.25) is 4.79 Å². The molecule has 2 aromatic rings. The molecule has 0 unspecified atom stereocenters. The number of benzene rings is 2. The summed E-state index contributed by atoms with van der Waals surface area (Å²) in [4.78, 5) is 12.3. The second kappa shape index (κ2) is 6.93. The van der Waals surface area contributed by atoms with Crippen molar-refractivity contribution >= 4 is 5.91 Å². The summed E-state index contributed by atoms with van der Waals surface area (Å²) in [6.07, 6.45) is 0. The topological polar surface area (TPSA) is 38.3 Å². The molecule has 21 heavy (non-hydrogen) atoms. The number of carbonyl (C=O) groups is 1. The van der Waals surface area contributed by atoms with E-state index in [1.807, 2.05) is 68.4 Å². The molecule has 0 aromatic heterocycles. The molecule has 3 nitrogen and oxygen atoms in total. The minimum atomic E-state index is -0.160. The molecule has 0 aliphatic rings. The van der Waals surface area contributed by atoms with Crippen LogP contribution in [-0.4, -0.2) is 13.0 Å². The Bertz CT molecular complexity index is 578. The van der Waals surface area contributed by atoms with Crippen LogP contribution >= 0.6 is 0 Å². The van der Waals surface area contributed by atoms with Crippen LogP contribution in [0.3, 0.4) is 0 Å². The van der Waals surface area contributed by atoms with Crippen molar-refractivity contribution in [2.24, 2.45) is 0 Å². The number of carbonyl (C=O) groups excluding carboxylic acids is 1. The van der Waals surface area contributed by atoms with Crippen LogP contribution in [-0.2, 0) is 4.79 Å². The quantitative estimate of drug-likeness (QED) is 0.909. The zero-order valence-corrected chi connectivity index (χ0v) is 12.7. The van der Waals surface area contributed by atoms with Gasteiger partial charge in [-0.25, -0.2) is 0 Å². The van der Waals surface area contributed by atoms with E-state index in [1.54, 1.807) is 7.11 Å². The number of methoxy groups -OCH3 is 1. The van der Waals surface area contributed by atoms with Crippen LogP contribution in [0, 0.1) is 0 Å². The Balaban J connectivity index is 2.01. The minimum absolute atomic E-state index is 0.0320. The van der Waals surface area contributed by atoms with Gasteiger partial charge in [0.15, 0.2) is 0 Å². The van der Waals surface area contributed by atoms with Gasteiger partial charge in [0.25, 0.3) is 0 Å². The summed E-state index contributed by atoms with van der Waals surface area (Å²) in [6.45, 7) is 3.91. The number of amides is 1. The summed E-state index contributed by atoms with van der Waals surface area (Å²) in [5.41, 5.74) is 2.08. The van der Waals surface area contributed by atoms with Crippen molar-refractivity contribution in [1.82, 2.24) is 5.32 Å². The Morgan fingerprint density at radius 1 is 0.952 bits per heavy atom. The van der Waals surface area contributed by atoms with Crippen molar-refractivity contribution in [1.29, 1.82) is 0 Å². The first kappa shape index (κ1) is 15.1. The van der Waals surface area contributed by atoms with Crippen LogP contribution in [0.25, 0.3) is 0 Å². The summed E-state index contributed by atoms with van der Waals surface area (Å²) in [6, 6.07) is 17.5. The number of hydrogen-bond acceptors (Lipinski definition) is 2. The van der Waals surface area contributed by atoms with Crippen LogP contribution in [0.15, 0.2) is 54.6 Å². The normalized spacial score (nSPS) is 13.3. The molecule has 110 valence electrons. The van der Waals surface area contributed by atoms with E-state index in [2.05, 4.69) is 5.32 Å². The van der Waals surface area contributed by atoms with Crippen molar-refractivity contribution in [2.75, 3.05) is 7.11 Å².